The summed E-state index contributed by atoms with van der Waals surface area (Å²) in [4.78, 5) is 27.3. The quantitative estimate of drug-likeness (QED) is 0.886. The van der Waals surface area contributed by atoms with Crippen LogP contribution in [0, 0.1) is 0 Å². The van der Waals surface area contributed by atoms with Crippen LogP contribution in [0.4, 0.5) is 0 Å². The van der Waals surface area contributed by atoms with Crippen LogP contribution in [0.15, 0.2) is 18.2 Å². The number of amides is 2. The molecule has 1 aliphatic heterocycles. The molecule has 1 aromatic rings. The molecule has 21 heavy (non-hydrogen) atoms. The highest BCUT2D eigenvalue weighted by Crippen LogP contribution is 2.26. The molecule has 0 aliphatic carbocycles. The first-order valence-corrected chi connectivity index (χ1v) is 6.94. The van der Waals surface area contributed by atoms with Gasteiger partial charge in [-0.15, -0.1) is 0 Å². The zero-order chi connectivity index (χ0) is 15.4. The van der Waals surface area contributed by atoms with Crippen molar-refractivity contribution in [3.05, 3.63) is 23.8 Å². The van der Waals surface area contributed by atoms with Crippen LogP contribution >= 0.6 is 0 Å². The molecule has 0 aromatic heterocycles. The van der Waals surface area contributed by atoms with Crippen molar-refractivity contribution in [2.24, 2.45) is 0 Å². The lowest BCUT2D eigenvalue weighted by molar-refractivity contribution is -0.128. The second-order valence-corrected chi connectivity index (χ2v) is 5.04. The number of methoxy groups -OCH3 is 1. The van der Waals surface area contributed by atoms with E-state index in [1.807, 2.05) is 0 Å². The molecule has 1 saturated heterocycles. The van der Waals surface area contributed by atoms with Crippen LogP contribution in [0.2, 0.25) is 0 Å². The summed E-state index contributed by atoms with van der Waals surface area (Å²) < 4.78 is 4.97. The van der Waals surface area contributed by atoms with E-state index >= 15 is 0 Å². The fourth-order valence-electron chi connectivity index (χ4n) is 2.44. The largest absolute Gasteiger partial charge is 0.504 e. The average molecular weight is 292 g/mol. The number of nitrogens with zero attached hydrogens (tertiary/aromatic N) is 2. The van der Waals surface area contributed by atoms with E-state index in [-0.39, 0.29) is 17.6 Å². The number of aromatic hydroxyl groups is 1. The number of phenolic OH excluding ortho intramolecular Hbond substituents is 1. The monoisotopic (exact) mass is 292 g/mol. The summed E-state index contributed by atoms with van der Waals surface area (Å²) in [5.74, 6) is 0.179. The Morgan fingerprint density at radius 1 is 1.14 bits per heavy atom. The molecule has 6 heteroatoms. The van der Waals surface area contributed by atoms with Gasteiger partial charge in [0.25, 0.3) is 5.91 Å². The van der Waals surface area contributed by atoms with Gasteiger partial charge in [0.1, 0.15) is 0 Å². The maximum Gasteiger partial charge on any atom is 0.254 e. The predicted octanol–water partition coefficient (Wildman–Crippen LogP) is 1.10. The Morgan fingerprint density at radius 2 is 1.81 bits per heavy atom. The summed E-state index contributed by atoms with van der Waals surface area (Å²) in [6.07, 6.45) is 0.757. The number of rotatable bonds is 2. The molecular formula is C15H20N2O4. The van der Waals surface area contributed by atoms with E-state index in [1.165, 1.54) is 13.2 Å². The number of phenols is 1. The van der Waals surface area contributed by atoms with Crippen LogP contribution in [0.1, 0.15) is 23.7 Å². The Morgan fingerprint density at radius 3 is 2.43 bits per heavy atom. The zero-order valence-electron chi connectivity index (χ0n) is 12.3. The molecule has 6 nitrogen and oxygen atoms in total. The first kappa shape index (κ1) is 15.2. The van der Waals surface area contributed by atoms with Gasteiger partial charge in [-0.25, -0.2) is 0 Å². The molecule has 114 valence electrons. The van der Waals surface area contributed by atoms with Gasteiger partial charge in [-0.3, -0.25) is 9.59 Å². The summed E-state index contributed by atoms with van der Waals surface area (Å²) in [6.45, 7) is 3.87. The van der Waals surface area contributed by atoms with Crippen molar-refractivity contribution in [2.75, 3.05) is 33.3 Å². The topological polar surface area (TPSA) is 70.1 Å². The van der Waals surface area contributed by atoms with Crippen molar-refractivity contribution >= 4 is 11.8 Å². The molecule has 1 aromatic carbocycles. The molecule has 0 unspecified atom stereocenters. The fourth-order valence-corrected chi connectivity index (χ4v) is 2.44. The fraction of sp³-hybridized carbons (Fsp3) is 0.467. The van der Waals surface area contributed by atoms with E-state index in [0.29, 0.717) is 37.5 Å². The van der Waals surface area contributed by atoms with Crippen LogP contribution in [0.25, 0.3) is 0 Å². The molecule has 0 bridgehead atoms. The van der Waals surface area contributed by atoms with E-state index < -0.39 is 0 Å². The van der Waals surface area contributed by atoms with Crippen molar-refractivity contribution in [3.63, 3.8) is 0 Å². The van der Waals surface area contributed by atoms with Gasteiger partial charge < -0.3 is 19.6 Å². The molecule has 0 atom stereocenters. The molecular weight excluding hydrogens is 272 g/mol. The highest BCUT2D eigenvalue weighted by atomic mass is 16.5. The first-order valence-electron chi connectivity index (χ1n) is 6.94. The first-order chi connectivity index (χ1) is 10.0. The SMILES string of the molecule is COc1ccc(C(=O)N2CCCN(C(C)=O)CC2)cc1O. The number of hydrogen-bond donors (Lipinski definition) is 1. The third-order valence-electron chi connectivity index (χ3n) is 3.65. The highest BCUT2D eigenvalue weighted by molar-refractivity contribution is 5.95. The second-order valence-electron chi connectivity index (χ2n) is 5.04. The summed E-state index contributed by atoms with van der Waals surface area (Å²) in [5.41, 5.74) is 0.421. The zero-order valence-corrected chi connectivity index (χ0v) is 12.3. The van der Waals surface area contributed by atoms with E-state index in [1.54, 1.807) is 28.9 Å². The Kier molecular flexibility index (Phi) is 4.67. The Balaban J connectivity index is 2.09. The van der Waals surface area contributed by atoms with E-state index in [2.05, 4.69) is 0 Å². The number of carbonyl (C=O) groups is 2. The van der Waals surface area contributed by atoms with Crippen LogP contribution in [0.5, 0.6) is 11.5 Å². The highest BCUT2D eigenvalue weighted by Gasteiger charge is 2.21. The second kappa shape index (κ2) is 6.47. The normalized spacial score (nSPS) is 15.5. The van der Waals surface area contributed by atoms with Crippen LogP contribution in [-0.4, -0.2) is 60.0 Å². The van der Waals surface area contributed by atoms with Crippen molar-refractivity contribution in [1.29, 1.82) is 0 Å². The standard InChI is InChI=1S/C15H20N2O4/c1-11(18)16-6-3-7-17(9-8-16)15(20)12-4-5-14(21-2)13(19)10-12/h4-5,10,19H,3,6-9H2,1-2H3. The summed E-state index contributed by atoms with van der Waals surface area (Å²) in [6, 6.07) is 4.62. The van der Waals surface area contributed by atoms with Crippen molar-refractivity contribution in [3.8, 4) is 11.5 Å². The summed E-state index contributed by atoms with van der Waals surface area (Å²) in [7, 11) is 1.46. The Labute approximate surface area is 123 Å². The summed E-state index contributed by atoms with van der Waals surface area (Å²) >= 11 is 0. The van der Waals surface area contributed by atoms with Gasteiger partial charge in [-0.2, -0.15) is 0 Å². The molecule has 0 saturated carbocycles. The molecule has 1 aliphatic rings. The minimum absolute atomic E-state index is 0.0337. The lowest BCUT2D eigenvalue weighted by atomic mass is 10.1. The van der Waals surface area contributed by atoms with Gasteiger partial charge in [0.15, 0.2) is 11.5 Å². The lowest BCUT2D eigenvalue weighted by Gasteiger charge is -2.21. The Bertz CT molecular complexity index is 544. The molecule has 1 fully saturated rings. The van der Waals surface area contributed by atoms with Gasteiger partial charge in [0.05, 0.1) is 7.11 Å². The number of carbonyl (C=O) groups excluding carboxylic acids is 2. The summed E-state index contributed by atoms with van der Waals surface area (Å²) in [5, 5.41) is 9.76. The minimum Gasteiger partial charge on any atom is -0.504 e. The van der Waals surface area contributed by atoms with Gasteiger partial charge in [0.2, 0.25) is 5.91 Å². The van der Waals surface area contributed by atoms with Crippen LogP contribution in [0.3, 0.4) is 0 Å². The molecule has 0 spiro atoms. The molecule has 0 radical (unpaired) electrons. The Hall–Kier alpha value is -2.24. The van der Waals surface area contributed by atoms with Gasteiger partial charge in [-0.05, 0) is 24.6 Å². The smallest absolute Gasteiger partial charge is 0.254 e. The number of benzene rings is 1. The van der Waals surface area contributed by atoms with Crippen molar-refractivity contribution < 1.29 is 19.4 Å². The third-order valence-corrected chi connectivity index (χ3v) is 3.65. The van der Waals surface area contributed by atoms with E-state index in [4.69, 9.17) is 4.74 Å². The van der Waals surface area contributed by atoms with Gasteiger partial charge in [-0.1, -0.05) is 0 Å². The average Bonchev–Trinajstić information content (AvgIpc) is 2.72. The predicted molar refractivity (Wildman–Crippen MR) is 77.4 cm³/mol. The van der Waals surface area contributed by atoms with Crippen LogP contribution in [-0.2, 0) is 4.79 Å². The van der Waals surface area contributed by atoms with Crippen molar-refractivity contribution in [2.45, 2.75) is 13.3 Å². The maximum atomic E-state index is 12.5. The van der Waals surface area contributed by atoms with E-state index in [9.17, 15) is 14.7 Å². The number of hydrogen-bond acceptors (Lipinski definition) is 4. The van der Waals surface area contributed by atoms with E-state index in [0.717, 1.165) is 6.42 Å². The number of ether oxygens (including phenoxy) is 1. The van der Waals surface area contributed by atoms with Crippen molar-refractivity contribution in [1.82, 2.24) is 9.80 Å². The third kappa shape index (κ3) is 3.45. The van der Waals surface area contributed by atoms with Gasteiger partial charge >= 0.3 is 0 Å². The molecule has 1 heterocycles. The molecule has 2 rings (SSSR count). The molecule has 1 N–H and O–H groups in total. The lowest BCUT2D eigenvalue weighted by Crippen LogP contribution is -2.36. The van der Waals surface area contributed by atoms with Crippen LogP contribution < -0.4 is 4.74 Å². The molecule has 2 amide bonds. The minimum atomic E-state index is -0.140. The van der Waals surface area contributed by atoms with Gasteiger partial charge in [0, 0.05) is 38.7 Å². The maximum absolute atomic E-state index is 12.5.